The lowest BCUT2D eigenvalue weighted by molar-refractivity contribution is 0.0960. The van der Waals surface area contributed by atoms with Crippen LogP contribution in [0.2, 0.25) is 0 Å². The van der Waals surface area contributed by atoms with Gasteiger partial charge in [0.1, 0.15) is 0 Å². The van der Waals surface area contributed by atoms with Crippen LogP contribution >= 0.6 is 0 Å². The number of fused-ring (bicyclic) bond motifs is 1. The van der Waals surface area contributed by atoms with Crippen molar-refractivity contribution >= 4 is 28.5 Å². The molecule has 6 nitrogen and oxygen atoms in total. The van der Waals surface area contributed by atoms with Crippen molar-refractivity contribution in [1.82, 2.24) is 15.7 Å². The zero-order valence-electron chi connectivity index (χ0n) is 15.8. The molecule has 2 aromatic carbocycles. The van der Waals surface area contributed by atoms with E-state index in [0.717, 1.165) is 16.9 Å². The first-order chi connectivity index (χ1) is 14.2. The Hall–Kier alpha value is -3.29. The molecule has 1 amide bonds. The maximum atomic E-state index is 13.1. The van der Waals surface area contributed by atoms with Crippen LogP contribution in [0.1, 0.15) is 27.7 Å². The molecule has 1 aliphatic rings. The molecule has 3 aromatic rings. The third kappa shape index (κ3) is 3.96. The Labute approximate surface area is 171 Å². The second kappa shape index (κ2) is 8.38. The molecule has 0 radical (unpaired) electrons. The van der Waals surface area contributed by atoms with Gasteiger partial charge >= 0.3 is 0 Å². The van der Waals surface area contributed by atoms with Crippen molar-refractivity contribution in [2.75, 3.05) is 12.5 Å². The second-order valence-corrected chi connectivity index (χ2v) is 7.90. The normalized spacial score (nSPS) is 16.2. The van der Waals surface area contributed by atoms with Crippen LogP contribution in [-0.4, -0.2) is 22.1 Å². The predicted octanol–water partition coefficient (Wildman–Crippen LogP) is 3.29. The van der Waals surface area contributed by atoms with Gasteiger partial charge in [-0.1, -0.05) is 30.3 Å². The summed E-state index contributed by atoms with van der Waals surface area (Å²) in [5, 5.41) is 2.59. The molecule has 146 valence electrons. The quantitative estimate of drug-likeness (QED) is 0.608. The lowest BCUT2D eigenvalue weighted by Crippen LogP contribution is -2.19. The molecule has 2 atom stereocenters. The molecule has 1 aliphatic heterocycles. The van der Waals surface area contributed by atoms with E-state index in [4.69, 9.17) is 0 Å². The minimum atomic E-state index is -1.47. The van der Waals surface area contributed by atoms with E-state index in [1.54, 1.807) is 37.5 Å². The van der Waals surface area contributed by atoms with E-state index in [9.17, 15) is 9.00 Å². The van der Waals surface area contributed by atoms with Crippen LogP contribution in [0, 0.1) is 0 Å². The predicted molar refractivity (Wildman–Crippen MR) is 114 cm³/mol. The number of anilines is 1. The zero-order chi connectivity index (χ0) is 20.2. The van der Waals surface area contributed by atoms with Crippen LogP contribution in [0.4, 0.5) is 5.69 Å². The van der Waals surface area contributed by atoms with Gasteiger partial charge in [-0.25, -0.2) is 9.63 Å². The van der Waals surface area contributed by atoms with Crippen LogP contribution in [0.3, 0.4) is 0 Å². The summed E-state index contributed by atoms with van der Waals surface area (Å²) in [7, 11) is 0.0869. The Kier molecular flexibility index (Phi) is 5.50. The largest absolute Gasteiger partial charge is 0.355 e. The molecule has 29 heavy (non-hydrogen) atoms. The lowest BCUT2D eigenvalue weighted by atomic mass is 10.1. The summed E-state index contributed by atoms with van der Waals surface area (Å²) in [6.45, 7) is 0. The number of amides is 1. The smallest absolute Gasteiger partial charge is 0.252 e. The van der Waals surface area contributed by atoms with Crippen molar-refractivity contribution in [2.24, 2.45) is 0 Å². The number of rotatable bonds is 5. The molecule has 0 saturated heterocycles. The highest BCUT2D eigenvalue weighted by Crippen LogP contribution is 2.32. The molecule has 0 aliphatic carbocycles. The number of nitrogens with one attached hydrogen (secondary N) is 3. The number of carbonyl (C=O) groups excluding carboxylic acids is 1. The first-order valence-corrected chi connectivity index (χ1v) is 10.3. The highest BCUT2D eigenvalue weighted by molar-refractivity contribution is 7.85. The summed E-state index contributed by atoms with van der Waals surface area (Å²) >= 11 is 0. The number of hydrogen-bond donors (Lipinski definition) is 3. The summed E-state index contributed by atoms with van der Waals surface area (Å²) in [4.78, 5) is 17.5. The first-order valence-electron chi connectivity index (χ1n) is 9.15. The molecule has 0 spiro atoms. The summed E-state index contributed by atoms with van der Waals surface area (Å²) in [5.74, 6) is -0.255. The highest BCUT2D eigenvalue weighted by atomic mass is 32.2. The summed E-state index contributed by atoms with van der Waals surface area (Å²) in [5.41, 5.74) is 9.57. The Bertz CT molecular complexity index is 1100. The Morgan fingerprint density at radius 2 is 1.97 bits per heavy atom. The number of hydrogen-bond acceptors (Lipinski definition) is 5. The average molecular weight is 404 g/mol. The van der Waals surface area contributed by atoms with Gasteiger partial charge in [-0.05, 0) is 48.0 Å². The van der Waals surface area contributed by atoms with Gasteiger partial charge in [0, 0.05) is 18.1 Å². The van der Waals surface area contributed by atoms with E-state index in [1.807, 2.05) is 48.6 Å². The second-order valence-electron chi connectivity index (χ2n) is 6.45. The molecule has 4 rings (SSSR count). The molecule has 1 aromatic heterocycles. The van der Waals surface area contributed by atoms with Crippen LogP contribution in [0.15, 0.2) is 82.7 Å². The fourth-order valence-electron chi connectivity index (χ4n) is 3.16. The third-order valence-electron chi connectivity index (χ3n) is 4.64. The van der Waals surface area contributed by atoms with E-state index >= 15 is 0 Å². The zero-order valence-corrected chi connectivity index (χ0v) is 16.6. The van der Waals surface area contributed by atoms with Crippen LogP contribution < -0.4 is 16.2 Å². The number of benzene rings is 2. The van der Waals surface area contributed by atoms with E-state index in [0.29, 0.717) is 15.4 Å². The van der Waals surface area contributed by atoms with Gasteiger partial charge in [0.15, 0.2) is 0 Å². The topological polar surface area (TPSA) is 83.1 Å². The maximum absolute atomic E-state index is 13.1. The molecule has 0 fully saturated rings. The van der Waals surface area contributed by atoms with Gasteiger partial charge in [0.2, 0.25) is 0 Å². The molecule has 2 unspecified atom stereocenters. The van der Waals surface area contributed by atoms with Gasteiger partial charge in [-0.3, -0.25) is 9.78 Å². The number of nitrogens with zero attached hydrogens (tertiary/aromatic N) is 1. The molecular weight excluding hydrogens is 384 g/mol. The Morgan fingerprint density at radius 3 is 2.76 bits per heavy atom. The van der Waals surface area contributed by atoms with Gasteiger partial charge < -0.3 is 10.7 Å². The van der Waals surface area contributed by atoms with Crippen LogP contribution in [0.5, 0.6) is 0 Å². The number of carbonyl (C=O) groups is 1. The summed E-state index contributed by atoms with van der Waals surface area (Å²) in [6.07, 6.45) is 5.74. The molecule has 7 heteroatoms. The van der Waals surface area contributed by atoms with Gasteiger partial charge in [-0.2, -0.15) is 0 Å². The van der Waals surface area contributed by atoms with E-state index in [2.05, 4.69) is 21.2 Å². The molecular formula is C22H20N4O2S. The standard InChI is InChI=1S/C22H20N4O2S/c1-23-22(27)18-7-2-3-8-21(18)29(28)16-10-11-17-19(25-26-20(17)14-16)12-9-15-6-4-5-13-24-15/h2-14,19,25-26H,1H3,(H,23,27)/b12-9+. The van der Waals surface area contributed by atoms with Crippen molar-refractivity contribution < 1.29 is 9.00 Å². The van der Waals surface area contributed by atoms with Crippen molar-refractivity contribution in [2.45, 2.75) is 15.8 Å². The van der Waals surface area contributed by atoms with Crippen LogP contribution in [0.25, 0.3) is 6.08 Å². The summed E-state index contributed by atoms with van der Waals surface area (Å²) in [6, 6.07) is 18.3. The minimum Gasteiger partial charge on any atom is -0.355 e. The lowest BCUT2D eigenvalue weighted by Gasteiger charge is -2.10. The van der Waals surface area contributed by atoms with Crippen LogP contribution in [-0.2, 0) is 10.8 Å². The number of pyridine rings is 1. The minimum absolute atomic E-state index is 0.0207. The average Bonchev–Trinajstić information content (AvgIpc) is 3.19. The fourth-order valence-corrected chi connectivity index (χ4v) is 4.40. The number of hydrazine groups is 1. The molecule has 2 heterocycles. The van der Waals surface area contributed by atoms with E-state index in [-0.39, 0.29) is 11.9 Å². The van der Waals surface area contributed by atoms with E-state index < -0.39 is 10.8 Å². The van der Waals surface area contributed by atoms with E-state index in [1.165, 1.54) is 0 Å². The first kappa shape index (κ1) is 19.0. The number of aromatic nitrogens is 1. The van der Waals surface area contributed by atoms with Gasteiger partial charge in [0.25, 0.3) is 5.91 Å². The maximum Gasteiger partial charge on any atom is 0.252 e. The fraction of sp³-hybridized carbons (Fsp3) is 0.0909. The summed E-state index contributed by atoms with van der Waals surface area (Å²) < 4.78 is 13.1. The Morgan fingerprint density at radius 1 is 1.14 bits per heavy atom. The van der Waals surface area contributed by atoms with Gasteiger partial charge in [0.05, 0.1) is 38.7 Å². The Balaban J connectivity index is 1.59. The van der Waals surface area contributed by atoms with Gasteiger partial charge in [-0.15, -0.1) is 0 Å². The molecule has 3 N–H and O–H groups in total. The third-order valence-corrected chi connectivity index (χ3v) is 6.08. The van der Waals surface area contributed by atoms with Crippen molar-refractivity contribution in [3.05, 3.63) is 89.8 Å². The molecule has 0 bridgehead atoms. The SMILES string of the molecule is CNC(=O)c1ccccc1S(=O)c1ccc2c(c1)NNC2/C=C/c1ccccn1. The molecule has 0 saturated carbocycles. The highest BCUT2D eigenvalue weighted by Gasteiger charge is 2.22. The monoisotopic (exact) mass is 404 g/mol. The van der Waals surface area contributed by atoms with Crippen molar-refractivity contribution in [1.29, 1.82) is 0 Å². The van der Waals surface area contributed by atoms with Crippen molar-refractivity contribution in [3.63, 3.8) is 0 Å². The van der Waals surface area contributed by atoms with Crippen molar-refractivity contribution in [3.8, 4) is 0 Å².